The summed E-state index contributed by atoms with van der Waals surface area (Å²) in [6, 6.07) is 9.75. The van der Waals surface area contributed by atoms with E-state index in [-0.39, 0.29) is 19.2 Å². The number of hydrogen-bond donors (Lipinski definition) is 1. The van der Waals surface area contributed by atoms with Crippen LogP contribution in [0.5, 0.6) is 11.5 Å². The molecule has 9 heteroatoms. The van der Waals surface area contributed by atoms with Crippen LogP contribution in [0.25, 0.3) is 11.5 Å². The van der Waals surface area contributed by atoms with Crippen molar-refractivity contribution in [3.05, 3.63) is 53.9 Å². The average molecular weight is 381 g/mol. The molecule has 1 atom stereocenters. The van der Waals surface area contributed by atoms with E-state index in [0.29, 0.717) is 34.3 Å². The van der Waals surface area contributed by atoms with Gasteiger partial charge in [0.2, 0.25) is 12.6 Å². The molecule has 3 aromatic rings. The number of urea groups is 1. The molecule has 1 N–H and O–H groups in total. The second-order valence-electron chi connectivity index (χ2n) is 6.67. The smallest absolute Gasteiger partial charge is 0.325 e. The van der Waals surface area contributed by atoms with Gasteiger partial charge in [-0.3, -0.25) is 9.69 Å². The van der Waals surface area contributed by atoms with Gasteiger partial charge < -0.3 is 23.7 Å². The van der Waals surface area contributed by atoms with Crippen molar-refractivity contribution >= 4 is 11.9 Å². The molecule has 0 bridgehead atoms. The predicted octanol–water partition coefficient (Wildman–Crippen LogP) is 2.63. The van der Waals surface area contributed by atoms with Gasteiger partial charge in [-0.05, 0) is 36.8 Å². The molecular weight excluding hydrogens is 366 g/mol. The SMILES string of the molecule is CC1(c2ccc3c(c2)OCO3)NC(=O)N(Cc2cc(-c3ccco3)on2)C1=O. The van der Waals surface area contributed by atoms with Gasteiger partial charge in [-0.25, -0.2) is 4.79 Å². The minimum atomic E-state index is -1.22. The Morgan fingerprint density at radius 3 is 2.82 bits per heavy atom. The van der Waals surface area contributed by atoms with Crippen molar-refractivity contribution in [2.24, 2.45) is 0 Å². The Kier molecular flexibility index (Phi) is 3.45. The molecular formula is C19H15N3O6. The van der Waals surface area contributed by atoms with Crippen molar-refractivity contribution in [1.29, 1.82) is 0 Å². The number of aromatic nitrogens is 1. The van der Waals surface area contributed by atoms with Crippen molar-refractivity contribution in [3.63, 3.8) is 0 Å². The average Bonchev–Trinajstić information content (AvgIpc) is 3.47. The third-order valence-electron chi connectivity index (χ3n) is 4.87. The second-order valence-corrected chi connectivity index (χ2v) is 6.67. The summed E-state index contributed by atoms with van der Waals surface area (Å²) in [6.07, 6.45) is 1.52. The van der Waals surface area contributed by atoms with E-state index in [1.165, 1.54) is 6.26 Å². The van der Waals surface area contributed by atoms with Gasteiger partial charge in [0.1, 0.15) is 11.2 Å². The van der Waals surface area contributed by atoms with Crippen LogP contribution in [0.1, 0.15) is 18.2 Å². The maximum Gasteiger partial charge on any atom is 0.325 e. The zero-order chi connectivity index (χ0) is 19.3. The first-order valence-electron chi connectivity index (χ1n) is 8.58. The van der Waals surface area contributed by atoms with Gasteiger partial charge in [-0.2, -0.15) is 0 Å². The number of imide groups is 1. The number of carbonyl (C=O) groups excluding carboxylic acids is 2. The molecule has 4 heterocycles. The van der Waals surface area contributed by atoms with E-state index in [1.807, 2.05) is 0 Å². The quantitative estimate of drug-likeness (QED) is 0.692. The largest absolute Gasteiger partial charge is 0.461 e. The lowest BCUT2D eigenvalue weighted by Crippen LogP contribution is -2.40. The van der Waals surface area contributed by atoms with Crippen molar-refractivity contribution in [2.75, 3.05) is 6.79 Å². The fourth-order valence-corrected chi connectivity index (χ4v) is 3.33. The first-order valence-corrected chi connectivity index (χ1v) is 8.58. The summed E-state index contributed by atoms with van der Waals surface area (Å²) in [5.41, 5.74) is -0.176. The summed E-state index contributed by atoms with van der Waals surface area (Å²) >= 11 is 0. The van der Waals surface area contributed by atoms with Crippen LogP contribution in [0, 0.1) is 0 Å². The maximum atomic E-state index is 13.1. The molecule has 1 aromatic carbocycles. The Hall–Kier alpha value is -3.75. The maximum absolute atomic E-state index is 13.1. The van der Waals surface area contributed by atoms with Crippen LogP contribution in [0.3, 0.4) is 0 Å². The summed E-state index contributed by atoms with van der Waals surface area (Å²) < 4.78 is 21.2. The van der Waals surface area contributed by atoms with E-state index in [0.717, 1.165) is 4.90 Å². The number of rotatable bonds is 4. The molecule has 0 radical (unpaired) electrons. The van der Waals surface area contributed by atoms with Gasteiger partial charge in [0.25, 0.3) is 5.91 Å². The molecule has 5 rings (SSSR count). The molecule has 9 nitrogen and oxygen atoms in total. The number of furan rings is 1. The van der Waals surface area contributed by atoms with Gasteiger partial charge in [-0.1, -0.05) is 11.2 Å². The first kappa shape index (κ1) is 16.4. The Morgan fingerprint density at radius 2 is 2.00 bits per heavy atom. The number of hydrogen-bond acceptors (Lipinski definition) is 7. The summed E-state index contributed by atoms with van der Waals surface area (Å²) in [5.74, 6) is 1.69. The molecule has 0 spiro atoms. The van der Waals surface area contributed by atoms with Crippen molar-refractivity contribution < 1.29 is 28.0 Å². The highest BCUT2D eigenvalue weighted by Gasteiger charge is 2.49. The van der Waals surface area contributed by atoms with Crippen LogP contribution in [-0.2, 0) is 16.9 Å². The lowest BCUT2D eigenvalue weighted by atomic mass is 9.91. The molecule has 2 aliphatic heterocycles. The molecule has 0 aliphatic carbocycles. The van der Waals surface area contributed by atoms with Crippen LogP contribution >= 0.6 is 0 Å². The van der Waals surface area contributed by atoms with Crippen LogP contribution in [-0.4, -0.2) is 28.8 Å². The van der Waals surface area contributed by atoms with E-state index in [1.54, 1.807) is 43.3 Å². The fraction of sp³-hybridized carbons (Fsp3) is 0.211. The standard InChI is InChI=1S/C19H15N3O6/c1-19(11-4-5-14-15(7-11)27-10-26-14)17(23)22(18(24)20-19)9-12-8-16(28-21-12)13-3-2-6-25-13/h2-8H,9-10H2,1H3,(H,20,24). The molecule has 2 aliphatic rings. The molecule has 1 fully saturated rings. The van der Waals surface area contributed by atoms with E-state index in [4.69, 9.17) is 18.4 Å². The van der Waals surface area contributed by atoms with Gasteiger partial charge in [0.15, 0.2) is 17.3 Å². The van der Waals surface area contributed by atoms with Crippen molar-refractivity contribution in [1.82, 2.24) is 15.4 Å². The Labute approximate surface area is 158 Å². The summed E-state index contributed by atoms with van der Waals surface area (Å²) in [5, 5.41) is 6.68. The normalized spacial score (nSPS) is 20.7. The number of benzene rings is 1. The minimum Gasteiger partial charge on any atom is -0.461 e. The van der Waals surface area contributed by atoms with E-state index in [9.17, 15) is 9.59 Å². The summed E-state index contributed by atoms with van der Waals surface area (Å²) in [6.45, 7) is 1.77. The zero-order valence-electron chi connectivity index (χ0n) is 14.8. The van der Waals surface area contributed by atoms with Gasteiger partial charge in [0, 0.05) is 6.07 Å². The zero-order valence-corrected chi connectivity index (χ0v) is 14.8. The van der Waals surface area contributed by atoms with Crippen LogP contribution in [0.4, 0.5) is 4.79 Å². The Morgan fingerprint density at radius 1 is 1.14 bits per heavy atom. The van der Waals surface area contributed by atoms with Gasteiger partial charge >= 0.3 is 6.03 Å². The molecule has 142 valence electrons. The van der Waals surface area contributed by atoms with Crippen molar-refractivity contribution in [3.8, 4) is 23.0 Å². The predicted molar refractivity (Wildman–Crippen MR) is 93.2 cm³/mol. The summed E-state index contributed by atoms with van der Waals surface area (Å²) in [7, 11) is 0. The van der Waals surface area contributed by atoms with E-state index < -0.39 is 11.6 Å². The van der Waals surface area contributed by atoms with Crippen LogP contribution in [0.2, 0.25) is 0 Å². The van der Waals surface area contributed by atoms with Crippen LogP contribution in [0.15, 0.2) is 51.6 Å². The molecule has 1 unspecified atom stereocenters. The highest BCUT2D eigenvalue weighted by molar-refractivity contribution is 6.07. The highest BCUT2D eigenvalue weighted by Crippen LogP contribution is 2.38. The molecule has 28 heavy (non-hydrogen) atoms. The number of amides is 3. The van der Waals surface area contributed by atoms with Gasteiger partial charge in [-0.15, -0.1) is 0 Å². The fourth-order valence-electron chi connectivity index (χ4n) is 3.33. The molecule has 2 aromatic heterocycles. The second kappa shape index (κ2) is 5.88. The summed E-state index contributed by atoms with van der Waals surface area (Å²) in [4.78, 5) is 26.7. The number of nitrogens with one attached hydrogen (secondary N) is 1. The third kappa shape index (κ3) is 2.43. The lowest BCUT2D eigenvalue weighted by Gasteiger charge is -2.22. The topological polar surface area (TPSA) is 107 Å². The van der Waals surface area contributed by atoms with E-state index in [2.05, 4.69) is 10.5 Å². The molecule has 0 saturated carbocycles. The Balaban J connectivity index is 1.40. The molecule has 1 saturated heterocycles. The Bertz CT molecular complexity index is 1070. The number of ether oxygens (including phenoxy) is 2. The third-order valence-corrected chi connectivity index (χ3v) is 4.87. The van der Waals surface area contributed by atoms with Gasteiger partial charge in [0.05, 0.1) is 12.8 Å². The number of nitrogens with zero attached hydrogens (tertiary/aromatic N) is 2. The first-order chi connectivity index (χ1) is 13.5. The van der Waals surface area contributed by atoms with E-state index >= 15 is 0 Å². The number of carbonyl (C=O) groups is 2. The molecule has 3 amide bonds. The van der Waals surface area contributed by atoms with Crippen molar-refractivity contribution in [2.45, 2.75) is 19.0 Å². The van der Waals surface area contributed by atoms with Crippen LogP contribution < -0.4 is 14.8 Å². The minimum absolute atomic E-state index is 0.0188. The highest BCUT2D eigenvalue weighted by atomic mass is 16.7. The lowest BCUT2D eigenvalue weighted by molar-refractivity contribution is -0.131. The monoisotopic (exact) mass is 381 g/mol. The number of fused-ring (bicyclic) bond motifs is 1.